The molecule has 3 heterocycles. The van der Waals surface area contributed by atoms with E-state index in [-0.39, 0.29) is 33.9 Å². The first kappa shape index (κ1) is 19.1. The average molecular weight is 424 g/mol. The summed E-state index contributed by atoms with van der Waals surface area (Å²) in [5.41, 5.74) is 0.0733. The number of fused-ring (bicyclic) bond motifs is 1. The van der Waals surface area contributed by atoms with Crippen molar-refractivity contribution in [2.75, 3.05) is 0 Å². The maximum absolute atomic E-state index is 13.6. The van der Waals surface area contributed by atoms with Crippen LogP contribution in [-0.4, -0.2) is 41.0 Å². The number of carboxylic acid groups (broad SMARTS) is 1. The van der Waals surface area contributed by atoms with E-state index in [1.54, 1.807) is 42.5 Å². The Hall–Kier alpha value is -4.86. The Balaban J connectivity index is 1.94. The van der Waals surface area contributed by atoms with E-state index >= 15 is 0 Å². The number of aromatic carboxylic acids is 1. The van der Waals surface area contributed by atoms with E-state index in [0.29, 0.717) is 11.1 Å². The van der Waals surface area contributed by atoms with Crippen LogP contribution in [0.15, 0.2) is 77.0 Å². The fraction of sp³-hybridized carbons (Fsp3) is 0. The molecule has 0 aliphatic rings. The van der Waals surface area contributed by atoms with Crippen LogP contribution in [0.3, 0.4) is 0 Å². The van der Waals surface area contributed by atoms with Crippen molar-refractivity contribution < 1.29 is 14.3 Å². The largest absolute Gasteiger partial charge is 0.477 e. The van der Waals surface area contributed by atoms with E-state index in [1.807, 2.05) is 0 Å². The van der Waals surface area contributed by atoms with Crippen LogP contribution in [0.2, 0.25) is 0 Å². The molecule has 0 aliphatic heterocycles. The summed E-state index contributed by atoms with van der Waals surface area (Å²) in [6, 6.07) is 11.8. The molecule has 0 fully saturated rings. The van der Waals surface area contributed by atoms with E-state index in [2.05, 4.69) is 29.9 Å². The lowest BCUT2D eigenvalue weighted by molar-refractivity contribution is 0.0694. The lowest BCUT2D eigenvalue weighted by atomic mass is 9.97. The van der Waals surface area contributed by atoms with Gasteiger partial charge in [0.1, 0.15) is 30.9 Å². The van der Waals surface area contributed by atoms with Gasteiger partial charge in [-0.2, -0.15) is 0 Å². The molecular formula is C22H12N6O4. The number of hydrogen-bond acceptors (Lipinski definition) is 9. The van der Waals surface area contributed by atoms with Crippen molar-refractivity contribution in [3.63, 3.8) is 0 Å². The number of aromatic nitrogens is 6. The maximum atomic E-state index is 13.6. The average Bonchev–Trinajstić information content (AvgIpc) is 2.84. The number of benzene rings is 2. The molecule has 32 heavy (non-hydrogen) atoms. The quantitative estimate of drug-likeness (QED) is 0.457. The topological polar surface area (TPSA) is 145 Å². The summed E-state index contributed by atoms with van der Waals surface area (Å²) in [6.07, 6.45) is 5.17. The Labute approximate surface area is 179 Å². The van der Waals surface area contributed by atoms with Gasteiger partial charge in [0.15, 0.2) is 23.0 Å². The van der Waals surface area contributed by atoms with Gasteiger partial charge in [-0.1, -0.05) is 30.3 Å². The van der Waals surface area contributed by atoms with Gasteiger partial charge in [-0.05, 0) is 12.1 Å². The van der Waals surface area contributed by atoms with E-state index in [1.165, 1.54) is 25.3 Å². The molecule has 2 aromatic carbocycles. The van der Waals surface area contributed by atoms with Gasteiger partial charge in [0.2, 0.25) is 5.43 Å². The number of rotatable bonds is 4. The first-order valence-corrected chi connectivity index (χ1v) is 9.32. The Bertz CT molecular complexity index is 1510. The highest BCUT2D eigenvalue weighted by molar-refractivity contribution is 6.04. The third kappa shape index (κ3) is 3.16. The van der Waals surface area contributed by atoms with Gasteiger partial charge in [-0.25, -0.2) is 34.7 Å². The number of carboxylic acids is 1. The van der Waals surface area contributed by atoms with Crippen molar-refractivity contribution in [3.8, 4) is 34.1 Å². The normalized spacial score (nSPS) is 10.9. The van der Waals surface area contributed by atoms with Gasteiger partial charge in [0, 0.05) is 16.7 Å². The van der Waals surface area contributed by atoms with Gasteiger partial charge in [0.25, 0.3) is 0 Å². The van der Waals surface area contributed by atoms with E-state index in [4.69, 9.17) is 4.42 Å². The van der Waals surface area contributed by atoms with Crippen molar-refractivity contribution in [2.45, 2.75) is 0 Å². The molecule has 0 saturated carbocycles. The maximum Gasteiger partial charge on any atom is 0.343 e. The summed E-state index contributed by atoms with van der Waals surface area (Å²) >= 11 is 0. The molecule has 5 aromatic rings. The predicted molar refractivity (Wildman–Crippen MR) is 113 cm³/mol. The zero-order valence-corrected chi connectivity index (χ0v) is 16.2. The van der Waals surface area contributed by atoms with Crippen molar-refractivity contribution in [3.05, 3.63) is 83.6 Å². The second kappa shape index (κ2) is 7.76. The van der Waals surface area contributed by atoms with Crippen molar-refractivity contribution in [2.24, 2.45) is 0 Å². The number of carbonyl (C=O) groups is 1. The second-order valence-corrected chi connectivity index (χ2v) is 6.59. The summed E-state index contributed by atoms with van der Waals surface area (Å²) in [5, 5.41) is 9.89. The zero-order valence-electron chi connectivity index (χ0n) is 16.2. The Kier molecular flexibility index (Phi) is 4.64. The van der Waals surface area contributed by atoms with E-state index in [9.17, 15) is 14.7 Å². The summed E-state index contributed by atoms with van der Waals surface area (Å²) in [6.45, 7) is 0. The minimum atomic E-state index is -1.41. The fourth-order valence-electron chi connectivity index (χ4n) is 3.44. The molecule has 0 aliphatic carbocycles. The highest BCUT2D eigenvalue weighted by Gasteiger charge is 2.26. The lowest BCUT2D eigenvalue weighted by Gasteiger charge is -2.13. The monoisotopic (exact) mass is 424 g/mol. The van der Waals surface area contributed by atoms with Gasteiger partial charge in [-0.15, -0.1) is 0 Å². The standard InChI is InChI=1S/C22H12N6O4/c29-18-16-14(32-19(17(18)22(30)31)12-4-2-1-3-5-12)7-6-13(20-25-8-23-9-26-20)15(16)21-27-10-24-11-28-21/h1-11H,(H,30,31). The Morgan fingerprint density at radius 3 is 2.06 bits per heavy atom. The SMILES string of the molecule is O=C(O)c1c(-c2ccccc2)oc2ccc(-c3ncncn3)c(-c3ncncn3)c2c1=O. The summed E-state index contributed by atoms with van der Waals surface area (Å²) < 4.78 is 5.97. The van der Waals surface area contributed by atoms with Crippen LogP contribution < -0.4 is 5.43 Å². The molecule has 0 unspecified atom stereocenters. The Morgan fingerprint density at radius 2 is 1.44 bits per heavy atom. The molecule has 1 N–H and O–H groups in total. The van der Waals surface area contributed by atoms with Crippen LogP contribution in [0.5, 0.6) is 0 Å². The van der Waals surface area contributed by atoms with Crippen LogP contribution >= 0.6 is 0 Å². The van der Waals surface area contributed by atoms with Crippen molar-refractivity contribution >= 4 is 16.9 Å². The molecular weight excluding hydrogens is 412 g/mol. The van der Waals surface area contributed by atoms with Crippen LogP contribution in [0.1, 0.15) is 10.4 Å². The molecule has 0 bridgehead atoms. The lowest BCUT2D eigenvalue weighted by Crippen LogP contribution is -2.18. The molecule has 154 valence electrons. The van der Waals surface area contributed by atoms with Crippen molar-refractivity contribution in [1.82, 2.24) is 29.9 Å². The molecule has 5 rings (SSSR count). The van der Waals surface area contributed by atoms with E-state index in [0.717, 1.165) is 0 Å². The van der Waals surface area contributed by atoms with Gasteiger partial charge >= 0.3 is 5.97 Å². The van der Waals surface area contributed by atoms with Crippen molar-refractivity contribution in [1.29, 1.82) is 0 Å². The van der Waals surface area contributed by atoms with Gasteiger partial charge in [0.05, 0.1) is 5.39 Å². The first-order chi connectivity index (χ1) is 15.6. The molecule has 0 amide bonds. The van der Waals surface area contributed by atoms with Gasteiger partial charge in [-0.3, -0.25) is 4.79 Å². The third-order valence-corrected chi connectivity index (χ3v) is 4.76. The molecule has 3 aromatic heterocycles. The van der Waals surface area contributed by atoms with Crippen LogP contribution in [0.25, 0.3) is 45.1 Å². The predicted octanol–water partition coefficient (Wildman–Crippen LogP) is 2.86. The molecule has 0 atom stereocenters. The molecule has 10 heteroatoms. The van der Waals surface area contributed by atoms with Gasteiger partial charge < -0.3 is 9.52 Å². The fourth-order valence-corrected chi connectivity index (χ4v) is 3.44. The first-order valence-electron chi connectivity index (χ1n) is 9.32. The van der Waals surface area contributed by atoms with Crippen LogP contribution in [0, 0.1) is 0 Å². The molecule has 0 radical (unpaired) electrons. The molecule has 10 nitrogen and oxygen atoms in total. The summed E-state index contributed by atoms with van der Waals surface area (Å²) in [4.78, 5) is 50.0. The molecule has 0 saturated heterocycles. The summed E-state index contributed by atoms with van der Waals surface area (Å²) in [7, 11) is 0. The number of nitrogens with zero attached hydrogens (tertiary/aromatic N) is 6. The molecule has 0 spiro atoms. The Morgan fingerprint density at radius 1 is 0.812 bits per heavy atom. The minimum absolute atomic E-state index is 0.00573. The summed E-state index contributed by atoms with van der Waals surface area (Å²) in [5.74, 6) is -1.03. The van der Waals surface area contributed by atoms with Crippen LogP contribution in [-0.2, 0) is 0 Å². The highest BCUT2D eigenvalue weighted by Crippen LogP contribution is 2.35. The van der Waals surface area contributed by atoms with E-state index < -0.39 is 17.0 Å². The van der Waals surface area contributed by atoms with Crippen LogP contribution in [0.4, 0.5) is 0 Å². The minimum Gasteiger partial charge on any atom is -0.477 e. The third-order valence-electron chi connectivity index (χ3n) is 4.76. The second-order valence-electron chi connectivity index (χ2n) is 6.59. The highest BCUT2D eigenvalue weighted by atomic mass is 16.4. The number of hydrogen-bond donors (Lipinski definition) is 1. The zero-order chi connectivity index (χ0) is 22.1. The smallest absolute Gasteiger partial charge is 0.343 e.